The molecule has 0 spiro atoms. The van der Waals surface area contributed by atoms with Gasteiger partial charge in [0.05, 0.1) is 6.61 Å². The third-order valence-corrected chi connectivity index (χ3v) is 1.87. The number of aliphatic hydroxyl groups excluding tert-OH is 1. The van der Waals surface area contributed by atoms with Gasteiger partial charge in [-0.15, -0.1) is 0 Å². The van der Waals surface area contributed by atoms with Gasteiger partial charge in [0.25, 0.3) is 0 Å². The quantitative estimate of drug-likeness (QED) is 0.725. The van der Waals surface area contributed by atoms with Crippen LogP contribution < -0.4 is 5.73 Å². The molecule has 2 nitrogen and oxygen atoms in total. The Bertz CT molecular complexity index is 281. The summed E-state index contributed by atoms with van der Waals surface area (Å²) in [7, 11) is 0. The Morgan fingerprint density at radius 1 is 1.31 bits per heavy atom. The lowest BCUT2D eigenvalue weighted by atomic mass is 10.0. The lowest BCUT2D eigenvalue weighted by Gasteiger charge is -2.03. The van der Waals surface area contributed by atoms with E-state index in [1.165, 1.54) is 5.56 Å². The number of benzene rings is 1. The molecule has 0 aliphatic heterocycles. The zero-order valence-electron chi connectivity index (χ0n) is 7.61. The highest BCUT2D eigenvalue weighted by molar-refractivity contribution is 5.53. The second-order valence-corrected chi connectivity index (χ2v) is 2.82. The minimum absolute atomic E-state index is 0.0803. The molecule has 0 saturated heterocycles. The highest BCUT2D eigenvalue weighted by atomic mass is 16.2. The van der Waals surface area contributed by atoms with E-state index in [1.807, 2.05) is 24.3 Å². The van der Waals surface area contributed by atoms with Crippen molar-refractivity contribution in [3.05, 3.63) is 41.5 Å². The fourth-order valence-electron chi connectivity index (χ4n) is 1.26. The van der Waals surface area contributed by atoms with Crippen LogP contribution in [-0.2, 0) is 6.42 Å². The van der Waals surface area contributed by atoms with E-state index in [0.717, 1.165) is 12.0 Å². The molecule has 1 rings (SSSR count). The van der Waals surface area contributed by atoms with Gasteiger partial charge in [-0.1, -0.05) is 36.4 Å². The van der Waals surface area contributed by atoms with Crippen LogP contribution >= 0.6 is 0 Å². The second kappa shape index (κ2) is 5.51. The summed E-state index contributed by atoms with van der Waals surface area (Å²) in [6, 6.07) is 8.07. The summed E-state index contributed by atoms with van der Waals surface area (Å²) in [6.45, 7) is 0.737. The Morgan fingerprint density at radius 3 is 2.77 bits per heavy atom. The van der Waals surface area contributed by atoms with Crippen molar-refractivity contribution in [1.82, 2.24) is 0 Å². The maximum absolute atomic E-state index is 8.64. The van der Waals surface area contributed by atoms with Crippen LogP contribution in [0.2, 0.25) is 0 Å². The van der Waals surface area contributed by atoms with Gasteiger partial charge >= 0.3 is 0 Å². The Morgan fingerprint density at radius 2 is 2.08 bits per heavy atom. The van der Waals surface area contributed by atoms with Crippen LogP contribution in [0.4, 0.5) is 0 Å². The fourth-order valence-corrected chi connectivity index (χ4v) is 1.26. The van der Waals surface area contributed by atoms with Crippen molar-refractivity contribution < 1.29 is 5.11 Å². The molecular formula is C11H15NO. The van der Waals surface area contributed by atoms with Gasteiger partial charge in [-0.2, -0.15) is 0 Å². The molecule has 0 bridgehead atoms. The molecule has 13 heavy (non-hydrogen) atoms. The van der Waals surface area contributed by atoms with E-state index in [2.05, 4.69) is 6.07 Å². The van der Waals surface area contributed by atoms with Crippen LogP contribution in [0.1, 0.15) is 11.1 Å². The topological polar surface area (TPSA) is 46.2 Å². The van der Waals surface area contributed by atoms with Crippen LogP contribution in [-0.4, -0.2) is 18.3 Å². The molecule has 0 unspecified atom stereocenters. The summed E-state index contributed by atoms with van der Waals surface area (Å²) in [6.07, 6.45) is 4.53. The number of hydrogen-bond acceptors (Lipinski definition) is 2. The van der Waals surface area contributed by atoms with Crippen molar-refractivity contribution in [2.75, 3.05) is 13.2 Å². The molecule has 0 aliphatic carbocycles. The highest BCUT2D eigenvalue weighted by Crippen LogP contribution is 2.10. The Balaban J connectivity index is 2.84. The molecule has 0 aliphatic rings. The minimum Gasteiger partial charge on any atom is -0.392 e. The summed E-state index contributed by atoms with van der Waals surface area (Å²) in [5.74, 6) is 0. The van der Waals surface area contributed by atoms with Crippen molar-refractivity contribution in [2.24, 2.45) is 5.73 Å². The standard InChI is InChI=1S/C11H15NO/c12-8-7-11-5-2-1-4-10(11)6-3-9-13/h1-6,13H,7-9,12H2. The van der Waals surface area contributed by atoms with Crippen molar-refractivity contribution in [3.63, 3.8) is 0 Å². The summed E-state index contributed by atoms with van der Waals surface area (Å²) in [5.41, 5.74) is 7.86. The summed E-state index contributed by atoms with van der Waals surface area (Å²) in [4.78, 5) is 0. The smallest absolute Gasteiger partial charge is 0.0615 e. The Hall–Kier alpha value is -1.12. The summed E-state index contributed by atoms with van der Waals surface area (Å²) >= 11 is 0. The van der Waals surface area contributed by atoms with Crippen molar-refractivity contribution in [2.45, 2.75) is 6.42 Å². The number of hydrogen-bond donors (Lipinski definition) is 2. The van der Waals surface area contributed by atoms with Gasteiger partial charge in [0.1, 0.15) is 0 Å². The fraction of sp³-hybridized carbons (Fsp3) is 0.273. The molecule has 0 saturated carbocycles. The second-order valence-electron chi connectivity index (χ2n) is 2.82. The molecule has 0 atom stereocenters. The van der Waals surface area contributed by atoms with E-state index in [-0.39, 0.29) is 6.61 Å². The van der Waals surface area contributed by atoms with Gasteiger partial charge in [0, 0.05) is 0 Å². The predicted octanol–water partition coefficient (Wildman–Crippen LogP) is 1.19. The molecule has 0 fully saturated rings. The van der Waals surface area contributed by atoms with Gasteiger partial charge in [0.2, 0.25) is 0 Å². The van der Waals surface area contributed by atoms with Crippen molar-refractivity contribution in [3.8, 4) is 0 Å². The van der Waals surface area contributed by atoms with Gasteiger partial charge in [-0.25, -0.2) is 0 Å². The lowest BCUT2D eigenvalue weighted by molar-refractivity contribution is 0.343. The number of rotatable bonds is 4. The largest absolute Gasteiger partial charge is 0.392 e. The van der Waals surface area contributed by atoms with E-state index in [0.29, 0.717) is 6.54 Å². The number of nitrogens with two attached hydrogens (primary N) is 1. The Labute approximate surface area is 78.7 Å². The van der Waals surface area contributed by atoms with Crippen molar-refractivity contribution in [1.29, 1.82) is 0 Å². The van der Waals surface area contributed by atoms with Gasteiger partial charge < -0.3 is 10.8 Å². The maximum Gasteiger partial charge on any atom is 0.0615 e. The summed E-state index contributed by atoms with van der Waals surface area (Å²) < 4.78 is 0. The maximum atomic E-state index is 8.64. The van der Waals surface area contributed by atoms with Gasteiger partial charge in [0.15, 0.2) is 0 Å². The van der Waals surface area contributed by atoms with Gasteiger partial charge in [-0.05, 0) is 24.1 Å². The molecule has 1 aromatic rings. The molecule has 0 aromatic heterocycles. The van der Waals surface area contributed by atoms with Crippen LogP contribution in [0.15, 0.2) is 30.3 Å². The third kappa shape index (κ3) is 3.01. The van der Waals surface area contributed by atoms with Gasteiger partial charge in [-0.3, -0.25) is 0 Å². The first kappa shape index (κ1) is 9.96. The Kier molecular flexibility index (Phi) is 4.23. The molecular weight excluding hydrogens is 162 g/mol. The van der Waals surface area contributed by atoms with E-state index >= 15 is 0 Å². The monoisotopic (exact) mass is 177 g/mol. The van der Waals surface area contributed by atoms with E-state index in [9.17, 15) is 0 Å². The first-order chi connectivity index (χ1) is 6.38. The molecule has 0 radical (unpaired) electrons. The molecule has 0 heterocycles. The molecule has 1 aromatic carbocycles. The average Bonchev–Trinajstić information content (AvgIpc) is 2.17. The first-order valence-electron chi connectivity index (χ1n) is 4.44. The van der Waals surface area contributed by atoms with E-state index in [4.69, 9.17) is 10.8 Å². The van der Waals surface area contributed by atoms with E-state index < -0.39 is 0 Å². The van der Waals surface area contributed by atoms with Crippen molar-refractivity contribution >= 4 is 6.08 Å². The zero-order valence-corrected chi connectivity index (χ0v) is 7.61. The van der Waals surface area contributed by atoms with Crippen LogP contribution in [0, 0.1) is 0 Å². The SMILES string of the molecule is NCCc1ccccc1C=CCO. The average molecular weight is 177 g/mol. The summed E-state index contributed by atoms with van der Waals surface area (Å²) in [5, 5.41) is 8.64. The van der Waals surface area contributed by atoms with E-state index in [1.54, 1.807) is 6.08 Å². The first-order valence-corrected chi connectivity index (χ1v) is 4.44. The molecule has 70 valence electrons. The number of aliphatic hydroxyl groups is 1. The molecule has 0 amide bonds. The predicted molar refractivity (Wildman–Crippen MR) is 55.3 cm³/mol. The lowest BCUT2D eigenvalue weighted by Crippen LogP contribution is -2.03. The van der Waals surface area contributed by atoms with Crippen LogP contribution in [0.25, 0.3) is 6.08 Å². The highest BCUT2D eigenvalue weighted by Gasteiger charge is 1.95. The normalized spacial score (nSPS) is 10.9. The molecule has 3 N–H and O–H groups in total. The van der Waals surface area contributed by atoms with Crippen LogP contribution in [0.5, 0.6) is 0 Å². The zero-order chi connectivity index (χ0) is 9.52. The van der Waals surface area contributed by atoms with Crippen LogP contribution in [0.3, 0.4) is 0 Å². The minimum atomic E-state index is 0.0803. The third-order valence-electron chi connectivity index (χ3n) is 1.87. The molecule has 2 heteroatoms.